The fourth-order valence-corrected chi connectivity index (χ4v) is 10.7. The molecule has 12 aromatic rings. The van der Waals surface area contributed by atoms with E-state index in [9.17, 15) is 0 Å². The smallest absolute Gasteiger partial charge is 0.159 e. The van der Waals surface area contributed by atoms with Gasteiger partial charge in [0.25, 0.3) is 0 Å². The molecule has 2 atom stereocenters. The summed E-state index contributed by atoms with van der Waals surface area (Å²) < 4.78 is 4.75. The minimum absolute atomic E-state index is 0.283. The molecule has 8 heteroatoms. The van der Waals surface area contributed by atoms with E-state index in [0.717, 1.165) is 89.6 Å². The molecule has 0 radical (unpaired) electrons. The second kappa shape index (κ2) is 18.0. The van der Waals surface area contributed by atoms with Crippen LogP contribution < -0.4 is 10.6 Å². The molecule has 0 saturated carbocycles. The molecule has 10 aromatic carbocycles. The van der Waals surface area contributed by atoms with Gasteiger partial charge in [0.1, 0.15) is 24.0 Å². The van der Waals surface area contributed by atoms with E-state index in [1.165, 1.54) is 21.5 Å². The van der Waals surface area contributed by atoms with Crippen LogP contribution in [0.5, 0.6) is 0 Å². The van der Waals surface area contributed by atoms with Crippen LogP contribution in [0.3, 0.4) is 0 Å². The van der Waals surface area contributed by atoms with Crippen molar-refractivity contribution in [1.82, 2.24) is 19.8 Å². The van der Waals surface area contributed by atoms with Crippen LogP contribution in [0.2, 0.25) is 0 Å². The molecule has 0 bridgehead atoms. The first-order valence-corrected chi connectivity index (χ1v) is 25.0. The van der Waals surface area contributed by atoms with Crippen molar-refractivity contribution in [2.24, 2.45) is 20.0 Å². The molecule has 2 N–H and O–H groups in total. The molecule has 0 spiro atoms. The molecule has 14 rings (SSSR count). The van der Waals surface area contributed by atoms with Gasteiger partial charge in [0.05, 0.1) is 22.1 Å². The summed E-state index contributed by atoms with van der Waals surface area (Å²) in [4.78, 5) is 20.5. The van der Waals surface area contributed by atoms with Crippen molar-refractivity contribution >= 4 is 67.0 Å². The van der Waals surface area contributed by atoms with Crippen molar-refractivity contribution in [3.8, 4) is 22.5 Å². The molecule has 2 aliphatic rings. The number of amidine groups is 4. The summed E-state index contributed by atoms with van der Waals surface area (Å²) in [6.07, 6.45) is -0.629. The van der Waals surface area contributed by atoms with Crippen LogP contribution in [0.1, 0.15) is 45.7 Å². The fourth-order valence-electron chi connectivity index (χ4n) is 10.7. The Hall–Kier alpha value is -9.92. The molecular formula is C66H46N8. The average Bonchev–Trinajstić information content (AvgIpc) is 4.02. The van der Waals surface area contributed by atoms with E-state index in [2.05, 4.69) is 214 Å². The highest BCUT2D eigenvalue weighted by atomic mass is 15.2. The topological polar surface area (TPSA) is 83.4 Å². The summed E-state index contributed by atoms with van der Waals surface area (Å²) in [5.74, 6) is 2.98. The first-order valence-electron chi connectivity index (χ1n) is 25.0. The third-order valence-electron chi connectivity index (χ3n) is 14.2. The molecule has 350 valence electrons. The Morgan fingerprint density at radius 2 is 0.689 bits per heavy atom. The maximum atomic E-state index is 5.19. The molecule has 2 aromatic heterocycles. The van der Waals surface area contributed by atoms with Crippen LogP contribution in [0, 0.1) is 0 Å². The Labute approximate surface area is 427 Å². The van der Waals surface area contributed by atoms with Gasteiger partial charge in [0.15, 0.2) is 11.7 Å². The van der Waals surface area contributed by atoms with Gasteiger partial charge in [0.2, 0.25) is 0 Å². The summed E-state index contributed by atoms with van der Waals surface area (Å²) >= 11 is 0. The van der Waals surface area contributed by atoms with E-state index in [1.54, 1.807) is 0 Å². The Morgan fingerprint density at radius 3 is 1.24 bits per heavy atom. The SMILES string of the molecule is c1ccc(C2=NC(c3cccc(-n4c5ccccc5c5cc(-c6ccc7c(c6)c6ccccc6n7-c6cccc(C7=NC(c8ccccc8)NC(c8ccccc8)=N7)c6)ccc54)c3)NC(c3ccccc3)=N2)cc1. The van der Waals surface area contributed by atoms with Crippen molar-refractivity contribution in [3.05, 3.63) is 288 Å². The van der Waals surface area contributed by atoms with E-state index in [-0.39, 0.29) is 12.3 Å². The Morgan fingerprint density at radius 1 is 0.284 bits per heavy atom. The number of hydrogen-bond acceptors (Lipinski definition) is 6. The number of nitrogens with one attached hydrogen (secondary N) is 2. The zero-order valence-electron chi connectivity index (χ0n) is 40.1. The number of para-hydroxylation sites is 2. The molecule has 0 fully saturated rings. The maximum absolute atomic E-state index is 5.19. The van der Waals surface area contributed by atoms with Crippen LogP contribution in [0.25, 0.3) is 66.1 Å². The summed E-state index contributed by atoms with van der Waals surface area (Å²) in [5, 5.41) is 12.0. The number of rotatable bonds is 9. The highest BCUT2D eigenvalue weighted by molar-refractivity contribution is 6.15. The Balaban J connectivity index is 0.835. The van der Waals surface area contributed by atoms with Gasteiger partial charge in [-0.2, -0.15) is 0 Å². The zero-order valence-corrected chi connectivity index (χ0v) is 40.1. The molecule has 2 aliphatic heterocycles. The van der Waals surface area contributed by atoms with E-state index >= 15 is 0 Å². The number of aromatic nitrogens is 2. The van der Waals surface area contributed by atoms with Crippen LogP contribution in [0.15, 0.2) is 275 Å². The number of hydrogen-bond donors (Lipinski definition) is 2. The fraction of sp³-hybridized carbons (Fsp3) is 0.0303. The second-order valence-electron chi connectivity index (χ2n) is 18.7. The zero-order chi connectivity index (χ0) is 49.0. The molecule has 0 amide bonds. The van der Waals surface area contributed by atoms with Gasteiger partial charge in [-0.25, -0.2) is 20.0 Å². The maximum Gasteiger partial charge on any atom is 0.159 e. The number of nitrogens with zero attached hydrogens (tertiary/aromatic N) is 6. The predicted molar refractivity (Wildman–Crippen MR) is 304 cm³/mol. The molecule has 2 unspecified atom stereocenters. The van der Waals surface area contributed by atoms with Gasteiger partial charge in [-0.05, 0) is 82.9 Å². The molecule has 8 nitrogen and oxygen atoms in total. The van der Waals surface area contributed by atoms with Crippen molar-refractivity contribution < 1.29 is 0 Å². The van der Waals surface area contributed by atoms with Crippen LogP contribution >= 0.6 is 0 Å². The minimum Gasteiger partial charge on any atom is -0.344 e. The lowest BCUT2D eigenvalue weighted by atomic mass is 10.0. The summed E-state index contributed by atoms with van der Waals surface area (Å²) in [5.41, 5.74) is 15.0. The van der Waals surface area contributed by atoms with Gasteiger partial charge < -0.3 is 19.8 Å². The third-order valence-corrected chi connectivity index (χ3v) is 14.2. The number of benzene rings is 10. The van der Waals surface area contributed by atoms with Crippen LogP contribution in [-0.2, 0) is 0 Å². The number of aliphatic imine (C=N–C) groups is 4. The largest absolute Gasteiger partial charge is 0.344 e. The van der Waals surface area contributed by atoms with Crippen molar-refractivity contribution in [1.29, 1.82) is 0 Å². The van der Waals surface area contributed by atoms with E-state index in [4.69, 9.17) is 20.0 Å². The van der Waals surface area contributed by atoms with Crippen LogP contribution in [0.4, 0.5) is 0 Å². The van der Waals surface area contributed by atoms with Gasteiger partial charge >= 0.3 is 0 Å². The first kappa shape index (κ1) is 42.9. The normalized spacial score (nSPS) is 15.6. The summed E-state index contributed by atoms with van der Waals surface area (Å²) in [7, 11) is 0. The number of fused-ring (bicyclic) bond motifs is 6. The quantitative estimate of drug-likeness (QED) is 0.151. The van der Waals surface area contributed by atoms with E-state index < -0.39 is 0 Å². The molecule has 0 saturated heterocycles. The Kier molecular flexibility index (Phi) is 10.5. The van der Waals surface area contributed by atoms with Gasteiger partial charge in [-0.1, -0.05) is 194 Å². The molecule has 0 aliphatic carbocycles. The lowest BCUT2D eigenvalue weighted by Gasteiger charge is -2.24. The van der Waals surface area contributed by atoms with Crippen molar-refractivity contribution in [2.75, 3.05) is 0 Å². The lowest BCUT2D eigenvalue weighted by Crippen LogP contribution is -2.33. The third kappa shape index (κ3) is 7.64. The summed E-state index contributed by atoms with van der Waals surface area (Å²) in [6.45, 7) is 0. The highest BCUT2D eigenvalue weighted by Gasteiger charge is 2.24. The van der Waals surface area contributed by atoms with E-state index in [0.29, 0.717) is 11.7 Å². The predicted octanol–water partition coefficient (Wildman–Crippen LogP) is 14.5. The molecular weight excluding hydrogens is 905 g/mol. The van der Waals surface area contributed by atoms with Crippen LogP contribution in [-0.4, -0.2) is 32.5 Å². The molecule has 74 heavy (non-hydrogen) atoms. The monoisotopic (exact) mass is 950 g/mol. The van der Waals surface area contributed by atoms with Crippen molar-refractivity contribution in [2.45, 2.75) is 12.3 Å². The van der Waals surface area contributed by atoms with Gasteiger partial charge in [-0.15, -0.1) is 0 Å². The second-order valence-corrected chi connectivity index (χ2v) is 18.7. The molecule has 4 heterocycles. The van der Waals surface area contributed by atoms with Crippen molar-refractivity contribution in [3.63, 3.8) is 0 Å². The average molecular weight is 951 g/mol. The lowest BCUT2D eigenvalue weighted by molar-refractivity contribution is 0.674. The van der Waals surface area contributed by atoms with Gasteiger partial charge in [0, 0.05) is 55.2 Å². The first-order chi connectivity index (χ1) is 36.7. The Bertz CT molecular complexity index is 4240. The minimum atomic E-state index is -0.346. The highest BCUT2D eigenvalue weighted by Crippen LogP contribution is 2.39. The summed E-state index contributed by atoms with van der Waals surface area (Å²) in [6, 6.07) is 89.7. The standard InChI is InChI=1S/C66H46N8/c1-5-19-43(20-6-1)61-67-62(44-21-7-2-8-22-44)70-65(69-61)49-27-17-29-51(39-49)73-57-33-15-13-31-53(57)55-41-47(35-37-59(55)73)48-36-38-60-56(42-48)54-32-14-16-34-58(54)74(60)52-30-18-28-50(40-52)66-71-63(45-23-9-3-10-24-45)68-64(72-66)46-25-11-4-12-26-46/h1-42,61,66H,(H,67,69,70)(H,68,71,72). The van der Waals surface area contributed by atoms with E-state index in [1.807, 2.05) is 60.7 Å². The van der Waals surface area contributed by atoms with Gasteiger partial charge in [-0.3, -0.25) is 0 Å².